The first kappa shape index (κ1) is 14.7. The number of hydrogen-bond acceptors (Lipinski definition) is 4. The van der Waals surface area contributed by atoms with Gasteiger partial charge >= 0.3 is 0 Å². The van der Waals surface area contributed by atoms with E-state index in [0.29, 0.717) is 17.0 Å². The third kappa shape index (κ3) is 3.09. The van der Waals surface area contributed by atoms with Gasteiger partial charge in [-0.3, -0.25) is 9.59 Å². The second kappa shape index (κ2) is 6.19. The SMILES string of the molecule is COc1cccc(C(N)=S)c1NC(=O)c1c[nH]ccc1=O. The number of aromatic amines is 1. The molecular formula is C14H13N3O3S. The van der Waals surface area contributed by atoms with Gasteiger partial charge in [-0.25, -0.2) is 0 Å². The van der Waals surface area contributed by atoms with Crippen LogP contribution in [0.15, 0.2) is 41.5 Å². The third-order valence-corrected chi connectivity index (χ3v) is 3.04. The van der Waals surface area contributed by atoms with Gasteiger partial charge in [0.1, 0.15) is 16.3 Å². The van der Waals surface area contributed by atoms with Crippen molar-refractivity contribution < 1.29 is 9.53 Å². The smallest absolute Gasteiger partial charge is 0.261 e. The van der Waals surface area contributed by atoms with E-state index >= 15 is 0 Å². The Morgan fingerprint density at radius 2 is 2.10 bits per heavy atom. The molecule has 0 unspecified atom stereocenters. The molecule has 0 bridgehead atoms. The van der Waals surface area contributed by atoms with E-state index in [-0.39, 0.29) is 10.6 Å². The second-order valence-corrected chi connectivity index (χ2v) is 4.56. The fraction of sp³-hybridized carbons (Fsp3) is 0.0714. The van der Waals surface area contributed by atoms with Crippen molar-refractivity contribution in [3.8, 4) is 5.75 Å². The largest absolute Gasteiger partial charge is 0.495 e. The van der Waals surface area contributed by atoms with Crippen LogP contribution in [0.2, 0.25) is 0 Å². The maximum atomic E-state index is 12.2. The van der Waals surface area contributed by atoms with Crippen molar-refractivity contribution in [2.75, 3.05) is 12.4 Å². The van der Waals surface area contributed by atoms with Crippen LogP contribution in [0.4, 0.5) is 5.69 Å². The predicted molar refractivity (Wildman–Crippen MR) is 83.9 cm³/mol. The molecule has 7 heteroatoms. The molecule has 1 aromatic carbocycles. The van der Waals surface area contributed by atoms with Crippen molar-refractivity contribution in [1.29, 1.82) is 0 Å². The van der Waals surface area contributed by atoms with Gasteiger partial charge in [-0.05, 0) is 12.1 Å². The monoisotopic (exact) mass is 303 g/mol. The first-order chi connectivity index (χ1) is 10.0. The van der Waals surface area contributed by atoms with E-state index in [1.165, 1.54) is 25.6 Å². The van der Waals surface area contributed by atoms with Crippen LogP contribution < -0.4 is 21.2 Å². The molecule has 1 aromatic heterocycles. The van der Waals surface area contributed by atoms with E-state index in [9.17, 15) is 9.59 Å². The van der Waals surface area contributed by atoms with Crippen LogP contribution in [0.5, 0.6) is 5.75 Å². The molecule has 1 heterocycles. The van der Waals surface area contributed by atoms with Gasteiger partial charge in [0, 0.05) is 24.0 Å². The highest BCUT2D eigenvalue weighted by molar-refractivity contribution is 7.80. The second-order valence-electron chi connectivity index (χ2n) is 4.12. The Morgan fingerprint density at radius 1 is 1.33 bits per heavy atom. The molecule has 0 aliphatic rings. The molecule has 4 N–H and O–H groups in total. The normalized spacial score (nSPS) is 9.95. The van der Waals surface area contributed by atoms with E-state index in [0.717, 1.165) is 0 Å². The summed E-state index contributed by atoms with van der Waals surface area (Å²) in [5, 5.41) is 2.62. The standard InChI is InChI=1S/C14H13N3O3S/c1-20-11-4-2-3-8(13(15)21)12(11)17-14(19)9-7-16-6-5-10(9)18/h2-7H,1H3,(H2,15,21)(H,16,18)(H,17,19). The van der Waals surface area contributed by atoms with E-state index < -0.39 is 11.3 Å². The number of hydrogen-bond donors (Lipinski definition) is 3. The summed E-state index contributed by atoms with van der Waals surface area (Å²) in [5.74, 6) is -0.167. The summed E-state index contributed by atoms with van der Waals surface area (Å²) in [6.07, 6.45) is 2.77. The fourth-order valence-electron chi connectivity index (χ4n) is 1.81. The van der Waals surface area contributed by atoms with Crippen LogP contribution in [0, 0.1) is 0 Å². The lowest BCUT2D eigenvalue weighted by molar-refractivity contribution is 0.102. The zero-order valence-corrected chi connectivity index (χ0v) is 12.0. The molecule has 0 saturated carbocycles. The summed E-state index contributed by atoms with van der Waals surface area (Å²) in [6, 6.07) is 6.30. The lowest BCUT2D eigenvalue weighted by atomic mass is 10.1. The van der Waals surface area contributed by atoms with Crippen molar-refractivity contribution >= 4 is 28.8 Å². The maximum Gasteiger partial charge on any atom is 0.261 e. The highest BCUT2D eigenvalue weighted by Gasteiger charge is 2.16. The minimum absolute atomic E-state index is 0.0164. The number of ether oxygens (including phenoxy) is 1. The molecule has 2 aromatic rings. The molecule has 2 rings (SSSR count). The zero-order chi connectivity index (χ0) is 15.4. The predicted octanol–water partition coefficient (Wildman–Crippen LogP) is 1.27. The molecule has 21 heavy (non-hydrogen) atoms. The molecule has 0 fully saturated rings. The number of amides is 1. The first-order valence-corrected chi connectivity index (χ1v) is 6.40. The molecule has 0 aliphatic carbocycles. The summed E-state index contributed by atoms with van der Waals surface area (Å²) < 4.78 is 5.19. The fourth-order valence-corrected chi connectivity index (χ4v) is 1.98. The number of anilines is 1. The van der Waals surface area contributed by atoms with Gasteiger partial charge in [0.05, 0.1) is 12.8 Å². The van der Waals surface area contributed by atoms with E-state index in [1.54, 1.807) is 18.2 Å². The number of benzene rings is 1. The average molecular weight is 303 g/mol. The van der Waals surface area contributed by atoms with Gasteiger partial charge in [-0.15, -0.1) is 0 Å². The molecule has 0 aliphatic heterocycles. The van der Waals surface area contributed by atoms with E-state index in [4.69, 9.17) is 22.7 Å². The van der Waals surface area contributed by atoms with Gasteiger partial charge < -0.3 is 20.8 Å². The van der Waals surface area contributed by atoms with Crippen LogP contribution in [0.1, 0.15) is 15.9 Å². The summed E-state index contributed by atoms with van der Waals surface area (Å²) in [5.41, 5.74) is 6.03. The highest BCUT2D eigenvalue weighted by atomic mass is 32.1. The number of thiocarbonyl (C=S) groups is 1. The number of carbonyl (C=O) groups excluding carboxylic acids is 1. The molecule has 0 radical (unpaired) electrons. The Kier molecular flexibility index (Phi) is 4.34. The van der Waals surface area contributed by atoms with Gasteiger partial charge in [-0.2, -0.15) is 0 Å². The Balaban J connectivity index is 2.44. The van der Waals surface area contributed by atoms with E-state index in [2.05, 4.69) is 10.3 Å². The van der Waals surface area contributed by atoms with Crippen molar-refractivity contribution in [2.24, 2.45) is 5.73 Å². The zero-order valence-electron chi connectivity index (χ0n) is 11.2. The van der Waals surface area contributed by atoms with Crippen molar-refractivity contribution in [2.45, 2.75) is 0 Å². The van der Waals surface area contributed by atoms with Crippen molar-refractivity contribution in [3.63, 3.8) is 0 Å². The lowest BCUT2D eigenvalue weighted by Gasteiger charge is -2.14. The average Bonchev–Trinajstić information content (AvgIpc) is 2.47. The van der Waals surface area contributed by atoms with Gasteiger partial charge in [0.2, 0.25) is 0 Å². The molecule has 6 nitrogen and oxygen atoms in total. The Labute approximate surface area is 125 Å². The Morgan fingerprint density at radius 3 is 2.71 bits per heavy atom. The lowest BCUT2D eigenvalue weighted by Crippen LogP contribution is -2.23. The topological polar surface area (TPSA) is 97.2 Å². The molecule has 1 amide bonds. The Hall–Kier alpha value is -2.67. The number of nitrogens with one attached hydrogen (secondary N) is 2. The molecular weight excluding hydrogens is 290 g/mol. The van der Waals surface area contributed by atoms with Crippen LogP contribution >= 0.6 is 12.2 Å². The van der Waals surface area contributed by atoms with Crippen LogP contribution in [-0.4, -0.2) is 23.0 Å². The van der Waals surface area contributed by atoms with Gasteiger partial charge in [0.15, 0.2) is 5.43 Å². The third-order valence-electron chi connectivity index (χ3n) is 2.82. The summed E-state index contributed by atoms with van der Waals surface area (Å²) in [6.45, 7) is 0. The molecule has 0 spiro atoms. The Bertz CT molecular complexity index is 755. The minimum atomic E-state index is -0.571. The first-order valence-electron chi connectivity index (χ1n) is 6.00. The quantitative estimate of drug-likeness (QED) is 0.739. The number of para-hydroxylation sites is 1. The number of rotatable bonds is 4. The number of pyridine rings is 1. The minimum Gasteiger partial charge on any atom is -0.495 e. The maximum absolute atomic E-state index is 12.2. The molecule has 108 valence electrons. The van der Waals surface area contributed by atoms with Crippen LogP contribution in [0.3, 0.4) is 0 Å². The number of H-pyrrole nitrogens is 1. The van der Waals surface area contributed by atoms with Crippen LogP contribution in [0.25, 0.3) is 0 Å². The summed E-state index contributed by atoms with van der Waals surface area (Å²) in [4.78, 5) is 26.7. The molecule has 0 saturated heterocycles. The highest BCUT2D eigenvalue weighted by Crippen LogP contribution is 2.28. The van der Waals surface area contributed by atoms with Crippen molar-refractivity contribution in [3.05, 3.63) is 58.0 Å². The number of nitrogens with two attached hydrogens (primary N) is 1. The summed E-state index contributed by atoms with van der Waals surface area (Å²) in [7, 11) is 1.46. The van der Waals surface area contributed by atoms with Gasteiger partial charge in [-0.1, -0.05) is 18.3 Å². The van der Waals surface area contributed by atoms with Gasteiger partial charge in [0.25, 0.3) is 5.91 Å². The number of aromatic nitrogens is 1. The van der Waals surface area contributed by atoms with E-state index in [1.807, 2.05) is 0 Å². The number of methoxy groups -OCH3 is 1. The summed E-state index contributed by atoms with van der Waals surface area (Å²) >= 11 is 4.96. The van der Waals surface area contributed by atoms with Crippen LogP contribution in [-0.2, 0) is 0 Å². The number of carbonyl (C=O) groups is 1. The van der Waals surface area contributed by atoms with Crippen molar-refractivity contribution in [1.82, 2.24) is 4.98 Å². The molecule has 0 atom stereocenters.